The number of hydrogen-bond donors (Lipinski definition) is 1. The Labute approximate surface area is 125 Å². The minimum absolute atomic E-state index is 0.142. The number of carboxylic acids is 1. The van der Waals surface area contributed by atoms with Gasteiger partial charge in [0.1, 0.15) is 11.6 Å². The molecule has 8 heteroatoms. The average molecular weight is 313 g/mol. The Kier molecular flexibility index (Phi) is 4.13. The Morgan fingerprint density at radius 2 is 2.14 bits per heavy atom. The number of carboxylic acid groups (broad SMARTS) is 1. The first kappa shape index (κ1) is 15.2. The second-order valence-electron chi connectivity index (χ2n) is 4.97. The number of nitro benzene ring substituents is 1. The van der Waals surface area contributed by atoms with Crippen LogP contribution in [0.5, 0.6) is 0 Å². The normalized spacial score (nSPS) is 21.3. The summed E-state index contributed by atoms with van der Waals surface area (Å²) in [7, 11) is 0. The van der Waals surface area contributed by atoms with E-state index in [4.69, 9.17) is 11.6 Å². The van der Waals surface area contributed by atoms with Crippen molar-refractivity contribution in [2.75, 3.05) is 6.54 Å². The van der Waals surface area contributed by atoms with Crippen LogP contribution in [-0.2, 0) is 4.79 Å². The highest BCUT2D eigenvalue weighted by atomic mass is 35.5. The van der Waals surface area contributed by atoms with Gasteiger partial charge in [-0.25, -0.2) is 4.79 Å². The monoisotopic (exact) mass is 312 g/mol. The molecule has 1 N–H and O–H groups in total. The molecule has 0 radical (unpaired) electrons. The van der Waals surface area contributed by atoms with E-state index in [9.17, 15) is 24.8 Å². The minimum Gasteiger partial charge on any atom is -0.480 e. The second kappa shape index (κ2) is 5.69. The Morgan fingerprint density at radius 1 is 1.48 bits per heavy atom. The highest BCUT2D eigenvalue weighted by Crippen LogP contribution is 2.30. The standard InChI is InChI=1S/C13H13ClN2O5/c1-7-4-5-15(11(7)13(18)19)12(17)9-3-2-8(14)6-10(9)16(20)21/h2-3,6-7,11H,4-5H2,1H3,(H,18,19). The van der Waals surface area contributed by atoms with E-state index in [0.29, 0.717) is 6.42 Å². The van der Waals surface area contributed by atoms with Gasteiger partial charge in [-0.15, -0.1) is 0 Å². The van der Waals surface area contributed by atoms with E-state index in [1.807, 2.05) is 0 Å². The topological polar surface area (TPSA) is 101 Å². The molecule has 2 unspecified atom stereocenters. The number of amides is 1. The van der Waals surface area contributed by atoms with Crippen molar-refractivity contribution in [1.29, 1.82) is 0 Å². The SMILES string of the molecule is CC1CCN(C(=O)c2ccc(Cl)cc2[N+](=O)[O-])C1C(=O)O. The number of aliphatic carboxylic acids is 1. The first-order chi connectivity index (χ1) is 9.82. The lowest BCUT2D eigenvalue weighted by Gasteiger charge is -2.23. The number of likely N-dealkylation sites (tertiary alicyclic amines) is 1. The van der Waals surface area contributed by atoms with Crippen molar-refractivity contribution in [2.45, 2.75) is 19.4 Å². The third-order valence-electron chi connectivity index (χ3n) is 3.60. The van der Waals surface area contributed by atoms with E-state index >= 15 is 0 Å². The summed E-state index contributed by atoms with van der Waals surface area (Å²) in [6.07, 6.45) is 0.546. The van der Waals surface area contributed by atoms with Crippen LogP contribution in [0, 0.1) is 16.0 Å². The third kappa shape index (κ3) is 2.82. The molecule has 2 rings (SSSR count). The summed E-state index contributed by atoms with van der Waals surface area (Å²) in [6.45, 7) is 2.00. The molecule has 0 aliphatic carbocycles. The van der Waals surface area contributed by atoms with Crippen molar-refractivity contribution < 1.29 is 19.6 Å². The van der Waals surface area contributed by atoms with Gasteiger partial charge < -0.3 is 10.0 Å². The molecule has 0 bridgehead atoms. The van der Waals surface area contributed by atoms with Gasteiger partial charge in [0.25, 0.3) is 11.6 Å². The molecular formula is C13H13ClN2O5. The molecule has 1 heterocycles. The molecule has 112 valence electrons. The van der Waals surface area contributed by atoms with Crippen LogP contribution in [0.4, 0.5) is 5.69 Å². The smallest absolute Gasteiger partial charge is 0.326 e. The molecule has 0 aromatic heterocycles. The van der Waals surface area contributed by atoms with Gasteiger partial charge >= 0.3 is 5.97 Å². The van der Waals surface area contributed by atoms with Crippen LogP contribution in [0.2, 0.25) is 5.02 Å². The summed E-state index contributed by atoms with van der Waals surface area (Å²) < 4.78 is 0. The molecule has 0 saturated carbocycles. The van der Waals surface area contributed by atoms with E-state index in [1.165, 1.54) is 17.0 Å². The van der Waals surface area contributed by atoms with Gasteiger partial charge in [-0.05, 0) is 24.5 Å². The van der Waals surface area contributed by atoms with Crippen LogP contribution in [0.3, 0.4) is 0 Å². The van der Waals surface area contributed by atoms with Crippen molar-refractivity contribution in [3.05, 3.63) is 38.9 Å². The minimum atomic E-state index is -1.11. The summed E-state index contributed by atoms with van der Waals surface area (Å²) >= 11 is 5.70. The van der Waals surface area contributed by atoms with Crippen molar-refractivity contribution in [1.82, 2.24) is 4.90 Å². The Balaban J connectivity index is 2.41. The van der Waals surface area contributed by atoms with Crippen LogP contribution < -0.4 is 0 Å². The average Bonchev–Trinajstić information content (AvgIpc) is 2.79. The number of rotatable bonds is 3. The van der Waals surface area contributed by atoms with Crippen LogP contribution in [0.25, 0.3) is 0 Å². The van der Waals surface area contributed by atoms with E-state index in [1.54, 1.807) is 6.92 Å². The van der Waals surface area contributed by atoms with Crippen LogP contribution in [0.15, 0.2) is 18.2 Å². The van der Waals surface area contributed by atoms with Gasteiger partial charge in [0, 0.05) is 17.6 Å². The maximum Gasteiger partial charge on any atom is 0.326 e. The van der Waals surface area contributed by atoms with Crippen LogP contribution in [0.1, 0.15) is 23.7 Å². The van der Waals surface area contributed by atoms with Gasteiger partial charge in [-0.3, -0.25) is 14.9 Å². The molecule has 1 aliphatic rings. The zero-order valence-electron chi connectivity index (χ0n) is 11.2. The molecule has 1 saturated heterocycles. The molecule has 1 fully saturated rings. The fourth-order valence-electron chi connectivity index (χ4n) is 2.54. The number of halogens is 1. The molecule has 1 aromatic carbocycles. The molecule has 1 aliphatic heterocycles. The summed E-state index contributed by atoms with van der Waals surface area (Å²) in [5.74, 6) is -1.96. The first-order valence-corrected chi connectivity index (χ1v) is 6.68. The zero-order chi connectivity index (χ0) is 15.7. The quantitative estimate of drug-likeness (QED) is 0.681. The maximum absolute atomic E-state index is 12.5. The Morgan fingerprint density at radius 3 is 2.71 bits per heavy atom. The predicted molar refractivity (Wildman–Crippen MR) is 74.3 cm³/mol. The summed E-state index contributed by atoms with van der Waals surface area (Å²) in [5, 5.41) is 20.4. The lowest BCUT2D eigenvalue weighted by molar-refractivity contribution is -0.385. The third-order valence-corrected chi connectivity index (χ3v) is 3.84. The highest BCUT2D eigenvalue weighted by molar-refractivity contribution is 6.31. The number of benzene rings is 1. The fourth-order valence-corrected chi connectivity index (χ4v) is 2.71. The van der Waals surface area contributed by atoms with Gasteiger partial charge in [-0.2, -0.15) is 0 Å². The van der Waals surface area contributed by atoms with E-state index in [0.717, 1.165) is 6.07 Å². The van der Waals surface area contributed by atoms with Crippen molar-refractivity contribution in [3.8, 4) is 0 Å². The van der Waals surface area contributed by atoms with Crippen molar-refractivity contribution in [2.24, 2.45) is 5.92 Å². The molecule has 0 spiro atoms. The highest BCUT2D eigenvalue weighted by Gasteiger charge is 2.41. The second-order valence-corrected chi connectivity index (χ2v) is 5.40. The molecule has 1 aromatic rings. The first-order valence-electron chi connectivity index (χ1n) is 6.30. The summed E-state index contributed by atoms with van der Waals surface area (Å²) in [5.41, 5.74) is -0.569. The lowest BCUT2D eigenvalue weighted by atomic mass is 10.0. The van der Waals surface area contributed by atoms with Crippen LogP contribution in [-0.4, -0.2) is 39.4 Å². The predicted octanol–water partition coefficient (Wildman–Crippen LogP) is 2.18. The van der Waals surface area contributed by atoms with Gasteiger partial charge in [0.15, 0.2) is 0 Å². The summed E-state index contributed by atoms with van der Waals surface area (Å²) in [4.78, 5) is 35.2. The molecule has 2 atom stereocenters. The van der Waals surface area contributed by atoms with Gasteiger partial charge in [0.2, 0.25) is 0 Å². The number of nitrogens with zero attached hydrogens (tertiary/aromatic N) is 2. The number of nitro groups is 1. The molecule has 1 amide bonds. The Bertz CT molecular complexity index is 619. The molecule has 21 heavy (non-hydrogen) atoms. The van der Waals surface area contributed by atoms with Crippen LogP contribution >= 0.6 is 11.6 Å². The van der Waals surface area contributed by atoms with E-state index in [2.05, 4.69) is 0 Å². The molecular weight excluding hydrogens is 300 g/mol. The Hall–Kier alpha value is -2.15. The summed E-state index contributed by atoms with van der Waals surface area (Å²) in [6, 6.07) is 2.75. The maximum atomic E-state index is 12.5. The van der Waals surface area contributed by atoms with Crippen molar-refractivity contribution >= 4 is 29.2 Å². The number of hydrogen-bond acceptors (Lipinski definition) is 4. The number of carbonyl (C=O) groups excluding carboxylic acids is 1. The van der Waals surface area contributed by atoms with Gasteiger partial charge in [0.05, 0.1) is 4.92 Å². The molecule has 7 nitrogen and oxygen atoms in total. The number of carbonyl (C=O) groups is 2. The lowest BCUT2D eigenvalue weighted by Crippen LogP contribution is -2.42. The largest absolute Gasteiger partial charge is 0.480 e. The van der Waals surface area contributed by atoms with Gasteiger partial charge in [-0.1, -0.05) is 18.5 Å². The van der Waals surface area contributed by atoms with E-state index in [-0.39, 0.29) is 23.0 Å². The fraction of sp³-hybridized carbons (Fsp3) is 0.385. The van der Waals surface area contributed by atoms with Crippen molar-refractivity contribution in [3.63, 3.8) is 0 Å². The van der Waals surface area contributed by atoms with E-state index < -0.39 is 28.5 Å². The zero-order valence-corrected chi connectivity index (χ0v) is 11.9.